The fourth-order valence-corrected chi connectivity index (χ4v) is 1.94. The van der Waals surface area contributed by atoms with E-state index in [0.717, 1.165) is 23.2 Å². The Balaban J connectivity index is 1.90. The van der Waals surface area contributed by atoms with Gasteiger partial charge in [0.1, 0.15) is 0 Å². The molecule has 0 radical (unpaired) electrons. The Bertz CT molecular complexity index is 584. The molecule has 0 aliphatic carbocycles. The molecule has 5 nitrogen and oxygen atoms in total. The third-order valence-corrected chi connectivity index (χ3v) is 3.07. The van der Waals surface area contributed by atoms with Crippen molar-refractivity contribution in [3.05, 3.63) is 59.4 Å². The summed E-state index contributed by atoms with van der Waals surface area (Å²) in [6.07, 6.45) is 4.30. The second kappa shape index (κ2) is 6.68. The minimum atomic E-state index is -0.0828. The van der Waals surface area contributed by atoms with Crippen molar-refractivity contribution in [1.82, 2.24) is 10.3 Å². The third kappa shape index (κ3) is 3.55. The molecule has 1 aromatic carbocycles. The Morgan fingerprint density at radius 1 is 1.35 bits per heavy atom. The summed E-state index contributed by atoms with van der Waals surface area (Å²) in [6.45, 7) is 2.49. The second-order valence-corrected chi connectivity index (χ2v) is 4.54. The van der Waals surface area contributed by atoms with Gasteiger partial charge in [-0.2, -0.15) is 0 Å². The van der Waals surface area contributed by atoms with Crippen molar-refractivity contribution in [2.75, 3.05) is 12.0 Å². The lowest BCUT2D eigenvalue weighted by Gasteiger charge is -2.08. The number of amides is 1. The van der Waals surface area contributed by atoms with E-state index in [1.807, 2.05) is 25.1 Å². The highest BCUT2D eigenvalue weighted by Crippen LogP contribution is 2.15. The zero-order valence-electron chi connectivity index (χ0n) is 11.4. The number of carbonyl (C=O) groups excluding carboxylic acids is 1. The molecule has 1 heterocycles. The fourth-order valence-electron chi connectivity index (χ4n) is 1.94. The van der Waals surface area contributed by atoms with Crippen LogP contribution in [-0.4, -0.2) is 17.4 Å². The molecule has 0 unspecified atom stereocenters. The van der Waals surface area contributed by atoms with Crippen LogP contribution in [0.4, 0.5) is 5.69 Å². The zero-order valence-corrected chi connectivity index (χ0v) is 11.4. The normalized spacial score (nSPS) is 10.1. The Labute approximate surface area is 118 Å². The number of hydrazine groups is 1. The molecule has 1 amide bonds. The van der Waals surface area contributed by atoms with Crippen LogP contribution < -0.4 is 16.6 Å². The van der Waals surface area contributed by atoms with Gasteiger partial charge in [0, 0.05) is 24.5 Å². The molecule has 0 aliphatic rings. The Morgan fingerprint density at radius 3 is 2.85 bits per heavy atom. The first-order valence-corrected chi connectivity index (χ1v) is 6.45. The average molecular weight is 270 g/mol. The van der Waals surface area contributed by atoms with E-state index in [9.17, 15) is 4.79 Å². The van der Waals surface area contributed by atoms with Gasteiger partial charge in [0.2, 0.25) is 0 Å². The first kappa shape index (κ1) is 14.0. The zero-order chi connectivity index (χ0) is 14.4. The molecule has 0 saturated heterocycles. The molecule has 4 N–H and O–H groups in total. The van der Waals surface area contributed by atoms with Crippen LogP contribution >= 0.6 is 0 Å². The van der Waals surface area contributed by atoms with E-state index < -0.39 is 0 Å². The molecule has 20 heavy (non-hydrogen) atoms. The molecule has 0 fully saturated rings. The van der Waals surface area contributed by atoms with E-state index in [2.05, 4.69) is 15.7 Å². The molecule has 0 aliphatic heterocycles. The van der Waals surface area contributed by atoms with Gasteiger partial charge in [-0.25, -0.2) is 0 Å². The van der Waals surface area contributed by atoms with E-state index >= 15 is 0 Å². The highest BCUT2D eigenvalue weighted by atomic mass is 16.1. The van der Waals surface area contributed by atoms with Crippen LogP contribution in [0.15, 0.2) is 42.7 Å². The van der Waals surface area contributed by atoms with Gasteiger partial charge in [-0.3, -0.25) is 15.6 Å². The quantitative estimate of drug-likeness (QED) is 0.570. The van der Waals surface area contributed by atoms with Gasteiger partial charge in [-0.05, 0) is 48.7 Å². The number of pyridine rings is 1. The lowest BCUT2D eigenvalue weighted by molar-refractivity contribution is 0.0954. The molecule has 104 valence electrons. The van der Waals surface area contributed by atoms with Gasteiger partial charge in [0.25, 0.3) is 5.91 Å². The number of anilines is 1. The van der Waals surface area contributed by atoms with E-state index in [-0.39, 0.29) is 5.91 Å². The predicted octanol–water partition coefficient (Wildman–Crippen LogP) is 1.65. The minimum Gasteiger partial charge on any atom is -0.352 e. The smallest absolute Gasteiger partial charge is 0.251 e. The Kier molecular flexibility index (Phi) is 4.68. The lowest BCUT2D eigenvalue weighted by atomic mass is 10.1. The molecule has 0 saturated carbocycles. The summed E-state index contributed by atoms with van der Waals surface area (Å²) in [5.41, 5.74) is 6.08. The van der Waals surface area contributed by atoms with Crippen LogP contribution in [0.25, 0.3) is 0 Å². The van der Waals surface area contributed by atoms with Crippen molar-refractivity contribution in [3.8, 4) is 0 Å². The number of rotatable bonds is 5. The molecular formula is C15H18N4O. The number of aromatic nitrogens is 1. The summed E-state index contributed by atoms with van der Waals surface area (Å²) in [5.74, 6) is 5.28. The largest absolute Gasteiger partial charge is 0.352 e. The molecule has 2 aromatic rings. The fraction of sp³-hybridized carbons (Fsp3) is 0.200. The first-order valence-electron chi connectivity index (χ1n) is 6.45. The van der Waals surface area contributed by atoms with Crippen LogP contribution in [0.3, 0.4) is 0 Å². The third-order valence-electron chi connectivity index (χ3n) is 3.07. The van der Waals surface area contributed by atoms with Gasteiger partial charge >= 0.3 is 0 Å². The molecule has 0 atom stereocenters. The average Bonchev–Trinajstić information content (AvgIpc) is 2.48. The van der Waals surface area contributed by atoms with Gasteiger partial charge < -0.3 is 10.7 Å². The van der Waals surface area contributed by atoms with E-state index in [1.54, 1.807) is 24.5 Å². The number of hydrogen-bond acceptors (Lipinski definition) is 4. The number of carbonyl (C=O) groups is 1. The Hall–Kier alpha value is -2.40. The first-order chi connectivity index (χ1) is 9.70. The number of hydrogen-bond donors (Lipinski definition) is 3. The monoisotopic (exact) mass is 270 g/mol. The molecule has 0 spiro atoms. The van der Waals surface area contributed by atoms with Gasteiger partial charge in [-0.1, -0.05) is 6.07 Å². The van der Waals surface area contributed by atoms with E-state index in [1.165, 1.54) is 0 Å². The molecule has 2 rings (SSSR count). The van der Waals surface area contributed by atoms with Crippen LogP contribution in [0.1, 0.15) is 21.5 Å². The summed E-state index contributed by atoms with van der Waals surface area (Å²) in [7, 11) is 0. The highest BCUT2D eigenvalue weighted by molar-refractivity contribution is 5.94. The van der Waals surface area contributed by atoms with Gasteiger partial charge in [0.05, 0.1) is 5.69 Å². The maximum Gasteiger partial charge on any atom is 0.251 e. The van der Waals surface area contributed by atoms with Crippen molar-refractivity contribution in [1.29, 1.82) is 0 Å². The van der Waals surface area contributed by atoms with E-state index in [0.29, 0.717) is 12.1 Å². The van der Waals surface area contributed by atoms with Crippen LogP contribution in [0.5, 0.6) is 0 Å². The number of benzene rings is 1. The number of aryl methyl sites for hydroxylation is 1. The SMILES string of the molecule is Cc1cc(C(=O)NCCc2cccnc2)ccc1NN. The maximum absolute atomic E-state index is 12.0. The van der Waals surface area contributed by atoms with Crippen molar-refractivity contribution < 1.29 is 4.79 Å². The summed E-state index contributed by atoms with van der Waals surface area (Å²) in [6, 6.07) is 9.24. The van der Waals surface area contributed by atoms with Crippen molar-refractivity contribution in [3.63, 3.8) is 0 Å². The summed E-state index contributed by atoms with van der Waals surface area (Å²) >= 11 is 0. The summed E-state index contributed by atoms with van der Waals surface area (Å²) < 4.78 is 0. The molecule has 1 aromatic heterocycles. The topological polar surface area (TPSA) is 80.0 Å². The van der Waals surface area contributed by atoms with Gasteiger partial charge in [0.15, 0.2) is 0 Å². The Morgan fingerprint density at radius 2 is 2.20 bits per heavy atom. The number of nitrogens with zero attached hydrogens (tertiary/aromatic N) is 1. The summed E-state index contributed by atoms with van der Waals surface area (Å²) in [4.78, 5) is 16.0. The lowest BCUT2D eigenvalue weighted by Crippen LogP contribution is -2.25. The number of nitrogens with two attached hydrogens (primary N) is 1. The number of nitrogens with one attached hydrogen (secondary N) is 2. The second-order valence-electron chi connectivity index (χ2n) is 4.54. The van der Waals surface area contributed by atoms with Crippen LogP contribution in [-0.2, 0) is 6.42 Å². The number of nitrogen functional groups attached to an aromatic ring is 1. The summed E-state index contributed by atoms with van der Waals surface area (Å²) in [5, 5.41) is 2.89. The van der Waals surface area contributed by atoms with Crippen LogP contribution in [0, 0.1) is 6.92 Å². The van der Waals surface area contributed by atoms with Crippen molar-refractivity contribution >= 4 is 11.6 Å². The molecule has 5 heteroatoms. The molecular weight excluding hydrogens is 252 g/mol. The predicted molar refractivity (Wildman–Crippen MR) is 79.3 cm³/mol. The maximum atomic E-state index is 12.0. The minimum absolute atomic E-state index is 0.0828. The van der Waals surface area contributed by atoms with Crippen molar-refractivity contribution in [2.45, 2.75) is 13.3 Å². The van der Waals surface area contributed by atoms with E-state index in [4.69, 9.17) is 5.84 Å². The standard InChI is InChI=1S/C15H18N4O/c1-11-9-13(4-5-14(11)19-16)15(20)18-8-6-12-3-2-7-17-10-12/h2-5,7,9-10,19H,6,8,16H2,1H3,(H,18,20). The molecule has 0 bridgehead atoms. The highest BCUT2D eigenvalue weighted by Gasteiger charge is 2.06. The van der Waals surface area contributed by atoms with Crippen LogP contribution in [0.2, 0.25) is 0 Å². The van der Waals surface area contributed by atoms with Crippen molar-refractivity contribution in [2.24, 2.45) is 5.84 Å². The van der Waals surface area contributed by atoms with Gasteiger partial charge in [-0.15, -0.1) is 0 Å².